The van der Waals surface area contributed by atoms with E-state index in [9.17, 15) is 4.79 Å². The molecule has 4 rings (SSSR count). The molecule has 0 spiro atoms. The van der Waals surface area contributed by atoms with E-state index in [1.54, 1.807) is 29.4 Å². The van der Waals surface area contributed by atoms with Crippen LogP contribution in [-0.4, -0.2) is 16.9 Å². The monoisotopic (exact) mass is 345 g/mol. The normalized spacial score (nSPS) is 13.6. The number of benzene rings is 3. The molecule has 1 heterocycles. The Labute approximate surface area is 150 Å². The number of hydrogen-bond acceptors (Lipinski definition) is 4. The van der Waals surface area contributed by atoms with Crippen LogP contribution in [0.1, 0.15) is 15.9 Å². The molecular weight excluding hydrogens is 328 g/mol. The second kappa shape index (κ2) is 6.70. The average molecular weight is 345 g/mol. The van der Waals surface area contributed by atoms with E-state index in [0.29, 0.717) is 0 Å². The number of amidine groups is 1. The van der Waals surface area contributed by atoms with Crippen molar-refractivity contribution in [2.24, 2.45) is 5.10 Å². The van der Waals surface area contributed by atoms with Gasteiger partial charge in [-0.2, -0.15) is 5.43 Å². The van der Waals surface area contributed by atoms with Crippen molar-refractivity contribution in [2.45, 2.75) is 0 Å². The van der Waals surface area contributed by atoms with E-state index in [2.05, 4.69) is 0 Å². The van der Waals surface area contributed by atoms with Gasteiger partial charge in [-0.05, 0) is 48.5 Å². The summed E-state index contributed by atoms with van der Waals surface area (Å²) in [6, 6.07) is 26.5. The molecule has 26 heavy (non-hydrogen) atoms. The summed E-state index contributed by atoms with van der Waals surface area (Å²) in [6.45, 7) is 0. The van der Waals surface area contributed by atoms with Crippen LogP contribution in [0.2, 0.25) is 0 Å². The van der Waals surface area contributed by atoms with Gasteiger partial charge in [0.15, 0.2) is 0 Å². The van der Waals surface area contributed by atoms with Gasteiger partial charge >= 0.3 is 5.97 Å². The summed E-state index contributed by atoms with van der Waals surface area (Å²) in [5.41, 5.74) is 4.95. The third-order valence-corrected chi connectivity index (χ3v) is 4.09. The van der Waals surface area contributed by atoms with E-state index in [1.165, 1.54) is 0 Å². The van der Waals surface area contributed by atoms with Gasteiger partial charge in [0.05, 0.1) is 16.8 Å². The molecule has 1 aliphatic heterocycles. The lowest BCUT2D eigenvalue weighted by atomic mass is 10.2. The van der Waals surface area contributed by atoms with Gasteiger partial charge in [0, 0.05) is 0 Å². The number of aromatic carboxylic acids is 1. The number of carbonyl (C=O) groups is 1. The Morgan fingerprint density at radius 2 is 1.42 bits per heavy atom. The largest absolute Gasteiger partial charge is 0.478 e. The Morgan fingerprint density at radius 3 is 2.04 bits per heavy atom. The van der Waals surface area contributed by atoms with Gasteiger partial charge < -0.3 is 5.11 Å². The van der Waals surface area contributed by atoms with Crippen molar-refractivity contribution in [3.63, 3.8) is 0 Å². The molecule has 0 fully saturated rings. The molecule has 0 amide bonds. The molecule has 3 aromatic rings. The number of carboxylic acids is 1. The van der Waals surface area contributed by atoms with E-state index in [1.807, 2.05) is 71.2 Å². The van der Waals surface area contributed by atoms with Crippen molar-refractivity contribution < 1.29 is 15.3 Å². The van der Waals surface area contributed by atoms with Crippen LogP contribution in [-0.2, 0) is 0 Å². The molecule has 0 atom stereocenters. The zero-order chi connectivity index (χ0) is 17.9. The molecule has 6 nitrogen and oxygen atoms in total. The van der Waals surface area contributed by atoms with Crippen molar-refractivity contribution in [3.05, 3.63) is 96.1 Å². The zero-order valence-electron chi connectivity index (χ0n) is 13.9. The van der Waals surface area contributed by atoms with Crippen LogP contribution in [0.15, 0.2) is 90.0 Å². The number of nitrogens with zero attached hydrogens (tertiary/aromatic N) is 3. The van der Waals surface area contributed by atoms with Crippen molar-refractivity contribution in [3.8, 4) is 0 Å². The fourth-order valence-corrected chi connectivity index (χ4v) is 2.77. The summed E-state index contributed by atoms with van der Waals surface area (Å²) in [6.07, 6.45) is 0. The quantitative estimate of drug-likeness (QED) is 0.713. The Morgan fingerprint density at radius 1 is 0.808 bits per heavy atom. The maximum Gasteiger partial charge on any atom is 0.335 e. The lowest BCUT2D eigenvalue weighted by Crippen LogP contribution is -2.96. The highest BCUT2D eigenvalue weighted by Gasteiger charge is 2.31. The van der Waals surface area contributed by atoms with Crippen molar-refractivity contribution in [1.29, 1.82) is 0 Å². The maximum absolute atomic E-state index is 11.1. The summed E-state index contributed by atoms with van der Waals surface area (Å²) in [4.78, 5) is 11.1. The number of anilines is 2. The topological polar surface area (TPSA) is 72.7 Å². The molecule has 1 aliphatic rings. The highest BCUT2D eigenvalue weighted by atomic mass is 16.4. The van der Waals surface area contributed by atoms with E-state index in [4.69, 9.17) is 10.2 Å². The number of nitrogens with two attached hydrogens (primary N) is 1. The Kier molecular flexibility index (Phi) is 4.09. The van der Waals surface area contributed by atoms with Gasteiger partial charge in [-0.3, -0.25) is 0 Å². The van der Waals surface area contributed by atoms with Crippen molar-refractivity contribution in [2.75, 3.05) is 10.2 Å². The molecule has 0 unspecified atom stereocenters. The van der Waals surface area contributed by atoms with Gasteiger partial charge in [0.25, 0.3) is 5.84 Å². The van der Waals surface area contributed by atoms with Crippen molar-refractivity contribution >= 4 is 23.2 Å². The van der Waals surface area contributed by atoms with Gasteiger partial charge in [-0.15, -0.1) is 10.2 Å². The number of rotatable bonds is 4. The molecule has 3 N–H and O–H groups in total. The molecule has 0 saturated heterocycles. The minimum absolute atomic E-state index is 0.253. The standard InChI is InChI=1S/C20H16N4O2/c25-20(26)16-11-13-18(14-12-16)24-22-19(15-7-3-1-4-8-15)21-23(24)17-9-5-2-6-10-17/h1-14H,(H,21,22)(H,25,26)/p+1. The molecule has 0 bridgehead atoms. The van der Waals surface area contributed by atoms with Gasteiger partial charge in [0.1, 0.15) is 5.69 Å². The summed E-state index contributed by atoms with van der Waals surface area (Å²) in [5.74, 6) is -0.111. The van der Waals surface area contributed by atoms with Gasteiger partial charge in [0.2, 0.25) is 0 Å². The molecule has 0 aromatic heterocycles. The molecule has 128 valence electrons. The van der Waals surface area contributed by atoms with Crippen LogP contribution < -0.4 is 15.7 Å². The lowest BCUT2D eigenvalue weighted by Gasteiger charge is -2.23. The predicted molar refractivity (Wildman–Crippen MR) is 99.7 cm³/mol. The molecule has 3 aromatic carbocycles. The van der Waals surface area contributed by atoms with Crippen LogP contribution in [0.5, 0.6) is 0 Å². The van der Waals surface area contributed by atoms with Gasteiger partial charge in [-0.25, -0.2) is 4.79 Å². The van der Waals surface area contributed by atoms with Crippen LogP contribution in [0.3, 0.4) is 0 Å². The van der Waals surface area contributed by atoms with Crippen LogP contribution in [0.4, 0.5) is 11.4 Å². The minimum atomic E-state index is -0.942. The van der Waals surface area contributed by atoms with E-state index in [-0.39, 0.29) is 5.56 Å². The first-order chi connectivity index (χ1) is 12.7. The first-order valence-electron chi connectivity index (χ1n) is 8.19. The summed E-state index contributed by atoms with van der Waals surface area (Å²) in [5, 5.41) is 17.6. The smallest absolute Gasteiger partial charge is 0.335 e. The van der Waals surface area contributed by atoms with Crippen LogP contribution in [0.25, 0.3) is 0 Å². The first-order valence-corrected chi connectivity index (χ1v) is 8.19. The SMILES string of the molecule is O=C(O)c1ccc(N2[NH2+]C(c3ccccc3)=NN2c2ccccc2)cc1. The third-order valence-electron chi connectivity index (χ3n) is 4.09. The molecule has 0 aliphatic carbocycles. The fraction of sp³-hybridized carbons (Fsp3) is 0. The Hall–Kier alpha value is -3.64. The van der Waals surface area contributed by atoms with Crippen LogP contribution in [0, 0.1) is 0 Å². The second-order valence-corrected chi connectivity index (χ2v) is 5.80. The highest BCUT2D eigenvalue weighted by Crippen LogP contribution is 2.23. The number of quaternary nitrogens is 1. The van der Waals surface area contributed by atoms with E-state index in [0.717, 1.165) is 22.8 Å². The lowest BCUT2D eigenvalue weighted by molar-refractivity contribution is -0.545. The second-order valence-electron chi connectivity index (χ2n) is 5.80. The maximum atomic E-state index is 11.1. The minimum Gasteiger partial charge on any atom is -0.478 e. The van der Waals surface area contributed by atoms with E-state index < -0.39 is 5.97 Å². The Bertz CT molecular complexity index is 941. The highest BCUT2D eigenvalue weighted by molar-refractivity contribution is 5.94. The molecule has 0 saturated carbocycles. The molecule has 0 radical (unpaired) electrons. The number of para-hydroxylation sites is 1. The Balaban J connectivity index is 1.72. The number of carboxylic acid groups (broad SMARTS) is 1. The summed E-state index contributed by atoms with van der Waals surface area (Å²) >= 11 is 0. The van der Waals surface area contributed by atoms with Gasteiger partial charge in [-0.1, -0.05) is 41.5 Å². The number of hydrazone groups is 1. The predicted octanol–water partition coefficient (Wildman–Crippen LogP) is 2.47. The average Bonchev–Trinajstić information content (AvgIpc) is 3.15. The third kappa shape index (κ3) is 3.01. The zero-order valence-corrected chi connectivity index (χ0v) is 13.9. The first kappa shape index (κ1) is 15.9. The van der Waals surface area contributed by atoms with Crippen molar-refractivity contribution in [1.82, 2.24) is 0 Å². The number of hydrazine groups is 1. The fourth-order valence-electron chi connectivity index (χ4n) is 2.77. The number of hydrogen-bond donors (Lipinski definition) is 2. The summed E-state index contributed by atoms with van der Waals surface area (Å²) in [7, 11) is 0. The van der Waals surface area contributed by atoms with Crippen LogP contribution >= 0.6 is 0 Å². The van der Waals surface area contributed by atoms with E-state index >= 15 is 0 Å². The molecular formula is C20H17N4O2+. The summed E-state index contributed by atoms with van der Waals surface area (Å²) < 4.78 is 0. The molecule has 6 heteroatoms.